The van der Waals surface area contributed by atoms with Gasteiger partial charge in [0.1, 0.15) is 0 Å². The summed E-state index contributed by atoms with van der Waals surface area (Å²) in [6.45, 7) is 3.46. The summed E-state index contributed by atoms with van der Waals surface area (Å²) in [6, 6.07) is 8.07. The molecule has 1 aromatic carbocycles. The van der Waals surface area contributed by atoms with Gasteiger partial charge in [-0.25, -0.2) is 0 Å². The van der Waals surface area contributed by atoms with Gasteiger partial charge in [0.15, 0.2) is 0 Å². The van der Waals surface area contributed by atoms with Gasteiger partial charge in [-0.05, 0) is 43.4 Å². The van der Waals surface area contributed by atoms with Gasteiger partial charge in [-0.2, -0.15) is 0 Å². The Kier molecular flexibility index (Phi) is 5.87. The zero-order chi connectivity index (χ0) is 16.9. The summed E-state index contributed by atoms with van der Waals surface area (Å²) in [6.07, 6.45) is 4.48. The lowest BCUT2D eigenvalue weighted by atomic mass is 10.1. The molecule has 0 aliphatic carbocycles. The molecule has 3 rings (SSSR count). The molecule has 0 saturated carbocycles. The molecule has 1 N–H and O–H groups in total. The molecular formula is C19H28N2O3. The summed E-state index contributed by atoms with van der Waals surface area (Å²) >= 11 is 0. The number of carbonyl (C=O) groups is 1. The molecule has 0 radical (unpaired) electrons. The molecule has 2 fully saturated rings. The Morgan fingerprint density at radius 3 is 2.79 bits per heavy atom. The van der Waals surface area contributed by atoms with Crippen LogP contribution < -0.4 is 0 Å². The van der Waals surface area contributed by atoms with Gasteiger partial charge in [0.2, 0.25) is 0 Å². The van der Waals surface area contributed by atoms with Crippen molar-refractivity contribution in [3.8, 4) is 0 Å². The normalized spacial score (nSPS) is 25.2. The molecule has 24 heavy (non-hydrogen) atoms. The van der Waals surface area contributed by atoms with E-state index < -0.39 is 0 Å². The summed E-state index contributed by atoms with van der Waals surface area (Å²) in [5.41, 5.74) is 1.89. The minimum absolute atomic E-state index is 0.136. The first-order valence-electron chi connectivity index (χ1n) is 8.97. The summed E-state index contributed by atoms with van der Waals surface area (Å²) in [7, 11) is 1.72. The third-order valence-electron chi connectivity index (χ3n) is 5.24. The van der Waals surface area contributed by atoms with Crippen molar-refractivity contribution in [1.29, 1.82) is 0 Å². The molecule has 2 atom stereocenters. The van der Waals surface area contributed by atoms with Gasteiger partial charge < -0.3 is 14.7 Å². The van der Waals surface area contributed by atoms with Crippen molar-refractivity contribution in [3.63, 3.8) is 0 Å². The lowest BCUT2D eigenvalue weighted by molar-refractivity contribution is 0.0724. The number of amides is 1. The van der Waals surface area contributed by atoms with Crippen LogP contribution in [0.3, 0.4) is 0 Å². The van der Waals surface area contributed by atoms with E-state index in [1.807, 2.05) is 23.1 Å². The molecule has 1 aromatic rings. The van der Waals surface area contributed by atoms with Crippen molar-refractivity contribution in [3.05, 3.63) is 35.4 Å². The molecule has 0 aromatic heterocycles. The zero-order valence-electron chi connectivity index (χ0n) is 14.5. The molecule has 0 spiro atoms. The number of ether oxygens (including phenoxy) is 1. The summed E-state index contributed by atoms with van der Waals surface area (Å²) in [5.74, 6) is 0.145. The van der Waals surface area contributed by atoms with Gasteiger partial charge in [-0.15, -0.1) is 0 Å². The average Bonchev–Trinajstić information content (AvgIpc) is 3.04. The largest absolute Gasteiger partial charge is 0.395 e. The Hall–Kier alpha value is -1.43. The molecule has 2 heterocycles. The monoisotopic (exact) mass is 332 g/mol. The lowest BCUT2D eigenvalue weighted by Crippen LogP contribution is -2.35. The van der Waals surface area contributed by atoms with Gasteiger partial charge in [0.25, 0.3) is 5.91 Å². The fourth-order valence-electron chi connectivity index (χ4n) is 3.81. The van der Waals surface area contributed by atoms with Crippen LogP contribution in [0.1, 0.15) is 41.6 Å². The fourth-order valence-corrected chi connectivity index (χ4v) is 3.81. The van der Waals surface area contributed by atoms with Crippen molar-refractivity contribution in [2.75, 3.05) is 33.4 Å². The lowest BCUT2D eigenvalue weighted by Gasteiger charge is -2.27. The van der Waals surface area contributed by atoms with E-state index in [-0.39, 0.29) is 24.7 Å². The van der Waals surface area contributed by atoms with Gasteiger partial charge >= 0.3 is 0 Å². The van der Waals surface area contributed by atoms with E-state index in [0.717, 1.165) is 56.6 Å². The van der Waals surface area contributed by atoms with Crippen LogP contribution in [0, 0.1) is 0 Å². The molecule has 2 aliphatic heterocycles. The van der Waals surface area contributed by atoms with Crippen molar-refractivity contribution < 1.29 is 14.6 Å². The van der Waals surface area contributed by atoms with E-state index in [9.17, 15) is 9.90 Å². The fraction of sp³-hybridized carbons (Fsp3) is 0.632. The molecule has 132 valence electrons. The van der Waals surface area contributed by atoms with Crippen molar-refractivity contribution >= 4 is 5.91 Å². The number of carbonyl (C=O) groups excluding carboxylic acids is 1. The molecule has 1 amide bonds. The summed E-state index contributed by atoms with van der Waals surface area (Å²) < 4.78 is 5.44. The number of aliphatic hydroxyl groups excluding tert-OH is 1. The van der Waals surface area contributed by atoms with Crippen LogP contribution in [0.25, 0.3) is 0 Å². The standard InChI is InChI=1S/C19H28N2O3/c1-24-18-11-17(14-22)21(13-18)12-15-6-5-7-16(10-15)19(23)20-8-3-2-4-9-20/h5-7,10,17-18,22H,2-4,8-9,11-14H2,1H3/t17-,18+/m0/s1. The van der Waals surface area contributed by atoms with Crippen LogP contribution in [0.2, 0.25) is 0 Å². The third kappa shape index (κ3) is 3.97. The highest BCUT2D eigenvalue weighted by molar-refractivity contribution is 5.94. The van der Waals surface area contributed by atoms with E-state index in [1.165, 1.54) is 6.42 Å². The second-order valence-corrected chi connectivity index (χ2v) is 6.91. The molecule has 2 aliphatic rings. The Balaban J connectivity index is 1.67. The number of aliphatic hydroxyl groups is 1. The number of methoxy groups -OCH3 is 1. The van der Waals surface area contributed by atoms with E-state index in [1.54, 1.807) is 7.11 Å². The maximum atomic E-state index is 12.7. The maximum Gasteiger partial charge on any atom is 0.253 e. The molecule has 5 nitrogen and oxygen atoms in total. The van der Waals surface area contributed by atoms with Crippen LogP contribution in [0.5, 0.6) is 0 Å². The predicted molar refractivity (Wildman–Crippen MR) is 92.9 cm³/mol. The van der Waals surface area contributed by atoms with Gasteiger partial charge in [-0.1, -0.05) is 12.1 Å². The average molecular weight is 332 g/mol. The van der Waals surface area contributed by atoms with E-state index >= 15 is 0 Å². The van der Waals surface area contributed by atoms with Crippen molar-refractivity contribution in [2.24, 2.45) is 0 Å². The van der Waals surface area contributed by atoms with Crippen LogP contribution >= 0.6 is 0 Å². The second kappa shape index (κ2) is 8.10. The Bertz CT molecular complexity index is 557. The Labute approximate surface area is 144 Å². The Morgan fingerprint density at radius 1 is 1.29 bits per heavy atom. The third-order valence-corrected chi connectivity index (χ3v) is 5.24. The number of hydrogen-bond acceptors (Lipinski definition) is 4. The minimum atomic E-state index is 0.136. The van der Waals surface area contributed by atoms with Gasteiger partial charge in [0, 0.05) is 44.9 Å². The van der Waals surface area contributed by atoms with E-state index in [4.69, 9.17) is 4.74 Å². The number of nitrogens with zero attached hydrogens (tertiary/aromatic N) is 2. The Morgan fingerprint density at radius 2 is 2.08 bits per heavy atom. The number of hydrogen-bond donors (Lipinski definition) is 1. The summed E-state index contributed by atoms with van der Waals surface area (Å²) in [5, 5.41) is 9.58. The van der Waals surface area contributed by atoms with E-state index in [2.05, 4.69) is 11.0 Å². The highest BCUT2D eigenvalue weighted by Gasteiger charge is 2.31. The first-order valence-corrected chi connectivity index (χ1v) is 8.97. The maximum absolute atomic E-state index is 12.7. The second-order valence-electron chi connectivity index (χ2n) is 6.91. The molecular weight excluding hydrogens is 304 g/mol. The number of rotatable bonds is 5. The van der Waals surface area contributed by atoms with E-state index in [0.29, 0.717) is 0 Å². The molecule has 0 bridgehead atoms. The number of benzene rings is 1. The van der Waals surface area contributed by atoms with Crippen molar-refractivity contribution in [2.45, 2.75) is 44.4 Å². The van der Waals surface area contributed by atoms with Crippen LogP contribution in [0.4, 0.5) is 0 Å². The first-order chi connectivity index (χ1) is 11.7. The smallest absolute Gasteiger partial charge is 0.253 e. The predicted octanol–water partition coefficient (Wildman–Crippen LogP) is 1.89. The first kappa shape index (κ1) is 17.4. The summed E-state index contributed by atoms with van der Waals surface area (Å²) in [4.78, 5) is 16.9. The molecule has 0 unspecified atom stereocenters. The quantitative estimate of drug-likeness (QED) is 0.895. The highest BCUT2D eigenvalue weighted by atomic mass is 16.5. The number of piperidine rings is 1. The number of likely N-dealkylation sites (tertiary alicyclic amines) is 2. The highest BCUT2D eigenvalue weighted by Crippen LogP contribution is 2.23. The molecule has 5 heteroatoms. The van der Waals surface area contributed by atoms with Crippen molar-refractivity contribution in [1.82, 2.24) is 9.80 Å². The van der Waals surface area contributed by atoms with Crippen LogP contribution in [0.15, 0.2) is 24.3 Å². The van der Waals surface area contributed by atoms with Gasteiger partial charge in [0.05, 0.1) is 12.7 Å². The topological polar surface area (TPSA) is 53.0 Å². The van der Waals surface area contributed by atoms with Gasteiger partial charge in [-0.3, -0.25) is 9.69 Å². The minimum Gasteiger partial charge on any atom is -0.395 e. The van der Waals surface area contributed by atoms with Crippen LogP contribution in [-0.2, 0) is 11.3 Å². The van der Waals surface area contributed by atoms with Crippen LogP contribution in [-0.4, -0.2) is 66.3 Å². The SMILES string of the molecule is CO[C@@H]1C[C@@H](CO)N(Cc2cccc(C(=O)N3CCCCC3)c2)C1. The molecule has 2 saturated heterocycles. The zero-order valence-corrected chi connectivity index (χ0v) is 14.5.